The van der Waals surface area contributed by atoms with Crippen molar-refractivity contribution < 1.29 is 23.7 Å². The van der Waals surface area contributed by atoms with Crippen molar-refractivity contribution in [2.75, 3.05) is 27.4 Å². The lowest BCUT2D eigenvalue weighted by Crippen LogP contribution is -2.16. The van der Waals surface area contributed by atoms with Crippen molar-refractivity contribution in [2.24, 2.45) is 5.10 Å². The fraction of sp³-hybridized carbons (Fsp3) is 0.333. The predicted octanol–water partition coefficient (Wildman–Crippen LogP) is 3.85. The molecule has 0 spiro atoms. The van der Waals surface area contributed by atoms with Crippen molar-refractivity contribution in [1.29, 1.82) is 0 Å². The Morgan fingerprint density at radius 2 is 1.79 bits per heavy atom. The lowest BCUT2D eigenvalue weighted by molar-refractivity contribution is 0.171. The number of ether oxygens (including phenoxy) is 4. The van der Waals surface area contributed by atoms with Crippen LogP contribution in [0, 0.1) is 13.8 Å². The molecular weight excluding hydrogens is 360 g/mol. The van der Waals surface area contributed by atoms with Gasteiger partial charge in [0, 0.05) is 6.42 Å². The van der Waals surface area contributed by atoms with Crippen LogP contribution in [0.4, 0.5) is 4.79 Å². The van der Waals surface area contributed by atoms with Crippen LogP contribution >= 0.6 is 0 Å². The maximum absolute atomic E-state index is 11.0. The topological polar surface area (TPSA) is 78.4 Å². The number of nitrogens with zero attached hydrogens (tertiary/aromatic N) is 1. The van der Waals surface area contributed by atoms with Gasteiger partial charge in [0.1, 0.15) is 5.75 Å². The number of benzene rings is 2. The number of carbonyl (C=O) groups excluding carboxylic acids is 1. The molecule has 150 valence electrons. The monoisotopic (exact) mass is 386 g/mol. The summed E-state index contributed by atoms with van der Waals surface area (Å²) in [6.07, 6.45) is 1.59. The van der Waals surface area contributed by atoms with E-state index in [1.807, 2.05) is 18.2 Å². The largest absolute Gasteiger partial charge is 0.493 e. The van der Waals surface area contributed by atoms with E-state index in [-0.39, 0.29) is 0 Å². The van der Waals surface area contributed by atoms with Gasteiger partial charge in [0.25, 0.3) is 0 Å². The summed E-state index contributed by atoms with van der Waals surface area (Å²) in [5, 5.41) is 3.78. The minimum Gasteiger partial charge on any atom is -0.493 e. The first-order chi connectivity index (χ1) is 13.5. The lowest BCUT2D eigenvalue weighted by atomic mass is 10.1. The average Bonchev–Trinajstić information content (AvgIpc) is 2.70. The molecule has 0 aliphatic heterocycles. The molecule has 0 atom stereocenters. The first kappa shape index (κ1) is 21.1. The van der Waals surface area contributed by atoms with Crippen molar-refractivity contribution in [2.45, 2.75) is 20.3 Å². The zero-order chi connectivity index (χ0) is 20.4. The van der Waals surface area contributed by atoms with Gasteiger partial charge in [-0.05, 0) is 60.9 Å². The zero-order valence-electron chi connectivity index (χ0n) is 16.7. The highest BCUT2D eigenvalue weighted by Crippen LogP contribution is 2.27. The van der Waals surface area contributed by atoms with Crippen LogP contribution in [0.1, 0.15) is 23.1 Å². The van der Waals surface area contributed by atoms with Gasteiger partial charge in [0.15, 0.2) is 11.5 Å². The smallest absolute Gasteiger partial charge is 0.427 e. The molecule has 28 heavy (non-hydrogen) atoms. The van der Waals surface area contributed by atoms with Gasteiger partial charge in [0.2, 0.25) is 0 Å². The number of hydrazone groups is 1. The molecule has 2 rings (SSSR count). The molecule has 0 aliphatic carbocycles. The second-order valence-electron chi connectivity index (χ2n) is 6.07. The number of rotatable bonds is 9. The average molecular weight is 386 g/mol. The Labute approximate surface area is 165 Å². The van der Waals surface area contributed by atoms with E-state index >= 15 is 0 Å². The summed E-state index contributed by atoms with van der Waals surface area (Å²) < 4.78 is 21.3. The maximum Gasteiger partial charge on any atom is 0.427 e. The van der Waals surface area contributed by atoms with E-state index in [0.717, 1.165) is 17.7 Å². The molecule has 0 saturated heterocycles. The van der Waals surface area contributed by atoms with Crippen LogP contribution in [0.2, 0.25) is 0 Å². The van der Waals surface area contributed by atoms with Gasteiger partial charge in [-0.2, -0.15) is 5.10 Å². The molecule has 0 aromatic heterocycles. The highest BCUT2D eigenvalue weighted by atomic mass is 16.5. The number of aryl methyl sites for hydroxylation is 2. The molecule has 0 heterocycles. The third kappa shape index (κ3) is 6.50. The van der Waals surface area contributed by atoms with E-state index < -0.39 is 6.09 Å². The van der Waals surface area contributed by atoms with Gasteiger partial charge < -0.3 is 18.9 Å². The Bertz CT molecular complexity index is 820. The van der Waals surface area contributed by atoms with Crippen molar-refractivity contribution >= 4 is 12.3 Å². The molecule has 7 nitrogen and oxygen atoms in total. The van der Waals surface area contributed by atoms with E-state index in [1.165, 1.54) is 24.5 Å². The highest BCUT2D eigenvalue weighted by molar-refractivity contribution is 5.82. The normalized spacial score (nSPS) is 10.6. The molecule has 0 radical (unpaired) electrons. The van der Waals surface area contributed by atoms with Crippen LogP contribution in [0.3, 0.4) is 0 Å². The summed E-state index contributed by atoms with van der Waals surface area (Å²) in [6, 6.07) is 11.4. The van der Waals surface area contributed by atoms with Gasteiger partial charge in [-0.25, -0.2) is 10.2 Å². The van der Waals surface area contributed by atoms with E-state index in [1.54, 1.807) is 19.2 Å². The third-order valence-electron chi connectivity index (χ3n) is 4.04. The highest BCUT2D eigenvalue weighted by Gasteiger charge is 2.06. The number of hydrogen-bond donors (Lipinski definition) is 1. The number of methoxy groups -OCH3 is 2. The molecule has 2 aromatic rings. The van der Waals surface area contributed by atoms with Crippen LogP contribution in [-0.4, -0.2) is 39.7 Å². The number of amides is 1. The van der Waals surface area contributed by atoms with Gasteiger partial charge in [-0.1, -0.05) is 6.07 Å². The predicted molar refractivity (Wildman–Crippen MR) is 108 cm³/mol. The van der Waals surface area contributed by atoms with Gasteiger partial charge in [-0.3, -0.25) is 0 Å². The number of carbonyl (C=O) groups is 1. The summed E-state index contributed by atoms with van der Waals surface area (Å²) in [5.74, 6) is 2.08. The molecule has 7 heteroatoms. The van der Waals surface area contributed by atoms with Gasteiger partial charge in [-0.15, -0.1) is 0 Å². The Balaban J connectivity index is 1.81. The van der Waals surface area contributed by atoms with Crippen molar-refractivity contribution in [3.63, 3.8) is 0 Å². The Morgan fingerprint density at radius 3 is 2.50 bits per heavy atom. The summed E-state index contributed by atoms with van der Waals surface area (Å²) in [7, 11) is 2.84. The molecule has 1 N–H and O–H groups in total. The second kappa shape index (κ2) is 10.8. The number of nitrogens with one attached hydrogen (secondary N) is 1. The zero-order valence-corrected chi connectivity index (χ0v) is 16.7. The lowest BCUT2D eigenvalue weighted by Gasteiger charge is -2.12. The van der Waals surface area contributed by atoms with Crippen LogP contribution in [0.5, 0.6) is 17.2 Å². The van der Waals surface area contributed by atoms with Crippen molar-refractivity contribution in [3.05, 3.63) is 53.1 Å². The summed E-state index contributed by atoms with van der Waals surface area (Å²) in [4.78, 5) is 11.0. The van der Waals surface area contributed by atoms with Crippen LogP contribution in [0.15, 0.2) is 41.5 Å². The van der Waals surface area contributed by atoms with Gasteiger partial charge in [0.05, 0.1) is 33.6 Å². The minimum absolute atomic E-state index is 0.499. The molecular formula is C21H26N2O5. The minimum atomic E-state index is -0.633. The van der Waals surface area contributed by atoms with Crippen LogP contribution in [0.25, 0.3) is 0 Å². The maximum atomic E-state index is 11.0. The van der Waals surface area contributed by atoms with E-state index in [4.69, 9.17) is 14.2 Å². The Kier molecular flexibility index (Phi) is 8.14. The molecule has 0 bridgehead atoms. The van der Waals surface area contributed by atoms with E-state index in [0.29, 0.717) is 24.7 Å². The molecule has 0 fully saturated rings. The summed E-state index contributed by atoms with van der Waals surface area (Å²) >= 11 is 0. The molecule has 0 saturated carbocycles. The van der Waals surface area contributed by atoms with Crippen LogP contribution < -0.4 is 19.6 Å². The molecule has 0 aliphatic rings. The molecule has 1 amide bonds. The summed E-state index contributed by atoms with van der Waals surface area (Å²) in [5.41, 5.74) is 5.43. The first-order valence-corrected chi connectivity index (χ1v) is 8.91. The van der Waals surface area contributed by atoms with E-state index in [9.17, 15) is 4.79 Å². The van der Waals surface area contributed by atoms with Crippen molar-refractivity contribution in [1.82, 2.24) is 5.43 Å². The van der Waals surface area contributed by atoms with Crippen LogP contribution in [-0.2, 0) is 4.74 Å². The quantitative estimate of drug-likeness (QED) is 0.402. The van der Waals surface area contributed by atoms with E-state index in [2.05, 4.69) is 35.2 Å². The third-order valence-corrected chi connectivity index (χ3v) is 4.04. The second-order valence-corrected chi connectivity index (χ2v) is 6.07. The Hall–Kier alpha value is -3.22. The first-order valence-electron chi connectivity index (χ1n) is 8.91. The fourth-order valence-corrected chi connectivity index (χ4v) is 2.32. The van der Waals surface area contributed by atoms with Crippen molar-refractivity contribution in [3.8, 4) is 17.2 Å². The molecule has 0 unspecified atom stereocenters. The van der Waals surface area contributed by atoms with Gasteiger partial charge >= 0.3 is 6.09 Å². The SMILES string of the molecule is COC(=O)N/N=C\c1ccc(OCCCOc2ccc(C)c(C)c2)c(OC)c1. The standard InChI is InChI=1S/C21H26N2O5/c1-15-6-8-18(12-16(15)2)27-10-5-11-28-19-9-7-17(13-20(19)25-3)14-22-23-21(24)26-4/h6-9,12-14H,5,10-11H2,1-4H3,(H,23,24)/b22-14-. The summed E-state index contributed by atoms with van der Waals surface area (Å²) in [6.45, 7) is 5.21. The molecule has 2 aromatic carbocycles. The number of hydrogen-bond acceptors (Lipinski definition) is 6. The Morgan fingerprint density at radius 1 is 1.00 bits per heavy atom. The fourth-order valence-electron chi connectivity index (χ4n) is 2.32.